The van der Waals surface area contributed by atoms with E-state index < -0.39 is 23.4 Å². The Morgan fingerprint density at radius 2 is 2.19 bits per heavy atom. The molecule has 1 amide bonds. The number of rotatable bonds is 4. The highest BCUT2D eigenvalue weighted by Crippen LogP contribution is 2.38. The molecule has 0 unspecified atom stereocenters. The van der Waals surface area contributed by atoms with Crippen molar-refractivity contribution in [1.29, 1.82) is 0 Å². The number of primary amides is 1. The number of nitrogens with two attached hydrogens (primary N) is 1. The van der Waals surface area contributed by atoms with E-state index in [-0.39, 0.29) is 12.5 Å². The Balaban J connectivity index is 2.07. The Morgan fingerprint density at radius 3 is 2.71 bits per heavy atom. The average molecular weight is 295 g/mol. The summed E-state index contributed by atoms with van der Waals surface area (Å²) in [5.74, 6) is -1.03. The van der Waals surface area contributed by atoms with Crippen LogP contribution >= 0.6 is 0 Å². The van der Waals surface area contributed by atoms with Crippen LogP contribution in [0, 0.1) is 11.8 Å². The predicted molar refractivity (Wildman–Crippen MR) is 74.6 cm³/mol. The molecule has 1 atom stereocenters. The van der Waals surface area contributed by atoms with Gasteiger partial charge in [-0.3, -0.25) is 4.79 Å². The van der Waals surface area contributed by atoms with Crippen LogP contribution in [0.15, 0.2) is 23.5 Å². The van der Waals surface area contributed by atoms with Gasteiger partial charge in [-0.1, -0.05) is 0 Å². The number of esters is 1. The summed E-state index contributed by atoms with van der Waals surface area (Å²) in [5.41, 5.74) is 4.71. The van der Waals surface area contributed by atoms with Crippen molar-refractivity contribution in [2.24, 2.45) is 17.6 Å². The highest BCUT2D eigenvalue weighted by atomic mass is 16.5. The molecule has 0 saturated heterocycles. The number of amides is 1. The van der Waals surface area contributed by atoms with Gasteiger partial charge in [-0.2, -0.15) is 0 Å². The maximum Gasteiger partial charge on any atom is 0.339 e. The fraction of sp³-hybridized carbons (Fsp3) is 0.600. The Bertz CT molecular complexity index is 500. The third-order valence-corrected chi connectivity index (χ3v) is 4.26. The smallest absolute Gasteiger partial charge is 0.339 e. The third-order valence-electron chi connectivity index (χ3n) is 4.26. The molecule has 2 aliphatic rings. The van der Waals surface area contributed by atoms with Crippen molar-refractivity contribution in [2.45, 2.75) is 38.2 Å². The molecule has 4 N–H and O–H groups in total. The minimum absolute atomic E-state index is 0.0131. The van der Waals surface area contributed by atoms with Crippen LogP contribution in [0.3, 0.4) is 0 Å². The Labute approximate surface area is 123 Å². The average Bonchev–Trinajstić information content (AvgIpc) is 2.80. The minimum atomic E-state index is -1.03. The van der Waals surface area contributed by atoms with Crippen molar-refractivity contribution in [3.05, 3.63) is 23.5 Å². The van der Waals surface area contributed by atoms with Gasteiger partial charge in [0.2, 0.25) is 5.91 Å². The molecule has 1 aliphatic heterocycles. The van der Waals surface area contributed by atoms with Crippen molar-refractivity contribution in [1.82, 2.24) is 0 Å². The first-order chi connectivity index (χ1) is 9.84. The second-order valence-electron chi connectivity index (χ2n) is 5.91. The second kappa shape index (κ2) is 5.99. The molecule has 0 radical (unpaired) electrons. The number of cyclic esters (lactones) is 1. The van der Waals surface area contributed by atoms with Gasteiger partial charge in [0.25, 0.3) is 0 Å². The quantitative estimate of drug-likeness (QED) is 0.650. The summed E-state index contributed by atoms with van der Waals surface area (Å²) in [6.45, 7) is 1.38. The number of carbonyl (C=O) groups excluding carboxylic acids is 2. The summed E-state index contributed by atoms with van der Waals surface area (Å²) in [4.78, 5) is 22.9. The number of ether oxygens (including phenoxy) is 1. The van der Waals surface area contributed by atoms with Gasteiger partial charge in [0.1, 0.15) is 5.76 Å². The van der Waals surface area contributed by atoms with E-state index in [1.165, 1.54) is 6.08 Å². The molecule has 0 bridgehead atoms. The lowest BCUT2D eigenvalue weighted by Gasteiger charge is -2.34. The van der Waals surface area contributed by atoms with E-state index in [1.807, 2.05) is 0 Å². The van der Waals surface area contributed by atoms with Crippen molar-refractivity contribution >= 4 is 11.9 Å². The first-order valence-electron chi connectivity index (χ1n) is 7.13. The van der Waals surface area contributed by atoms with Crippen molar-refractivity contribution in [3.63, 3.8) is 0 Å². The Kier molecular flexibility index (Phi) is 4.49. The standard InChI is InChI=1S/C15H21NO5/c1-9(13(16)18)6-11-7-12(14(19)21-11)10-2-4-15(20,8-17)5-3-10/h6-7,9-10,17,20H,2-5,8H2,1H3,(H2,16,18)/b11-6-/t9-,10?,15?/m1/s1. The third kappa shape index (κ3) is 3.51. The summed E-state index contributed by atoms with van der Waals surface area (Å²) in [5, 5.41) is 19.1. The van der Waals surface area contributed by atoms with Crippen molar-refractivity contribution in [3.8, 4) is 0 Å². The maximum atomic E-state index is 11.9. The van der Waals surface area contributed by atoms with Crippen LogP contribution in [-0.2, 0) is 14.3 Å². The van der Waals surface area contributed by atoms with Gasteiger partial charge in [-0.25, -0.2) is 4.79 Å². The van der Waals surface area contributed by atoms with Crippen LogP contribution < -0.4 is 5.73 Å². The molecular weight excluding hydrogens is 274 g/mol. The van der Waals surface area contributed by atoms with Crippen molar-refractivity contribution < 1.29 is 24.5 Å². The van der Waals surface area contributed by atoms with Gasteiger partial charge in [-0.15, -0.1) is 0 Å². The largest absolute Gasteiger partial charge is 0.423 e. The van der Waals surface area contributed by atoms with Gasteiger partial charge in [0.15, 0.2) is 0 Å². The van der Waals surface area contributed by atoms with Crippen LogP contribution in [0.5, 0.6) is 0 Å². The molecule has 0 aromatic heterocycles. The second-order valence-corrected chi connectivity index (χ2v) is 5.91. The summed E-state index contributed by atoms with van der Waals surface area (Å²) in [6, 6.07) is 0. The number of allylic oxidation sites excluding steroid dienone is 1. The molecule has 0 aromatic rings. The van der Waals surface area contributed by atoms with E-state index in [2.05, 4.69) is 0 Å². The number of carbonyl (C=O) groups is 2. The molecule has 116 valence electrons. The first-order valence-corrected chi connectivity index (χ1v) is 7.13. The minimum Gasteiger partial charge on any atom is -0.423 e. The number of aliphatic hydroxyl groups excluding tert-OH is 1. The number of hydrogen-bond donors (Lipinski definition) is 3. The van der Waals surface area contributed by atoms with E-state index >= 15 is 0 Å². The molecule has 6 heteroatoms. The van der Waals surface area contributed by atoms with E-state index in [0.717, 1.165) is 0 Å². The van der Waals surface area contributed by atoms with Gasteiger partial charge in [-0.05, 0) is 50.7 Å². The van der Waals surface area contributed by atoms with Gasteiger partial charge in [0, 0.05) is 5.57 Å². The molecule has 1 fully saturated rings. The Hall–Kier alpha value is -1.66. The lowest BCUT2D eigenvalue weighted by atomic mass is 9.76. The monoisotopic (exact) mass is 295 g/mol. The van der Waals surface area contributed by atoms with E-state index in [0.29, 0.717) is 37.0 Å². The number of aliphatic hydroxyl groups is 2. The van der Waals surface area contributed by atoms with Gasteiger partial charge < -0.3 is 20.7 Å². The molecule has 2 rings (SSSR count). The molecule has 1 heterocycles. The zero-order chi connectivity index (χ0) is 15.6. The fourth-order valence-corrected chi connectivity index (χ4v) is 2.73. The van der Waals surface area contributed by atoms with E-state index in [9.17, 15) is 14.7 Å². The topological polar surface area (TPSA) is 110 Å². The van der Waals surface area contributed by atoms with E-state index in [4.69, 9.17) is 15.6 Å². The highest BCUT2D eigenvalue weighted by Gasteiger charge is 2.37. The molecule has 6 nitrogen and oxygen atoms in total. The van der Waals surface area contributed by atoms with Crippen LogP contribution in [-0.4, -0.2) is 34.3 Å². The number of hydrogen-bond acceptors (Lipinski definition) is 5. The van der Waals surface area contributed by atoms with Crippen molar-refractivity contribution in [2.75, 3.05) is 6.61 Å². The molecular formula is C15H21NO5. The van der Waals surface area contributed by atoms with Crippen LogP contribution in [0.1, 0.15) is 32.6 Å². The van der Waals surface area contributed by atoms with Crippen LogP contribution in [0.25, 0.3) is 0 Å². The van der Waals surface area contributed by atoms with Gasteiger partial charge >= 0.3 is 5.97 Å². The molecule has 21 heavy (non-hydrogen) atoms. The maximum absolute atomic E-state index is 11.9. The van der Waals surface area contributed by atoms with Gasteiger partial charge in [0.05, 0.1) is 18.1 Å². The molecule has 1 aliphatic carbocycles. The normalized spacial score (nSPS) is 32.7. The summed E-state index contributed by atoms with van der Waals surface area (Å²) in [7, 11) is 0. The highest BCUT2D eigenvalue weighted by molar-refractivity contribution is 5.93. The molecule has 0 aromatic carbocycles. The SMILES string of the molecule is C[C@H](/C=C1/C=C(C2CCC(O)(CO)CC2)C(=O)O1)C(N)=O. The summed E-state index contributed by atoms with van der Waals surface area (Å²) >= 11 is 0. The van der Waals surface area contributed by atoms with Crippen LogP contribution in [0.4, 0.5) is 0 Å². The summed E-state index contributed by atoms with van der Waals surface area (Å²) in [6.07, 6.45) is 5.33. The fourth-order valence-electron chi connectivity index (χ4n) is 2.73. The molecule has 1 saturated carbocycles. The predicted octanol–water partition coefficient (Wildman–Crippen LogP) is 0.388. The zero-order valence-electron chi connectivity index (χ0n) is 12.0. The Morgan fingerprint density at radius 1 is 1.57 bits per heavy atom. The summed E-state index contributed by atoms with van der Waals surface area (Å²) < 4.78 is 5.14. The lowest BCUT2D eigenvalue weighted by Crippen LogP contribution is -2.38. The molecule has 0 spiro atoms. The lowest BCUT2D eigenvalue weighted by molar-refractivity contribution is -0.134. The first kappa shape index (κ1) is 15.7. The van der Waals surface area contributed by atoms with E-state index in [1.54, 1.807) is 13.0 Å². The van der Waals surface area contributed by atoms with Crippen LogP contribution in [0.2, 0.25) is 0 Å². The zero-order valence-corrected chi connectivity index (χ0v) is 12.0.